The molecule has 2 aromatic rings. The first-order valence-electron chi connectivity index (χ1n) is 8.11. The molecule has 5 nitrogen and oxygen atoms in total. The second-order valence-corrected chi connectivity index (χ2v) is 6.59. The highest BCUT2D eigenvalue weighted by molar-refractivity contribution is 14.1. The maximum atomic E-state index is 12.2. The largest absolute Gasteiger partial charge is 0.484 e. The number of halogens is 1. The quantitative estimate of drug-likeness (QED) is 0.651. The molecule has 6 heteroatoms. The fraction of sp³-hybridized carbons (Fsp3) is 0.263. The van der Waals surface area contributed by atoms with Gasteiger partial charge < -0.3 is 15.0 Å². The van der Waals surface area contributed by atoms with Crippen LogP contribution in [-0.2, 0) is 4.79 Å². The molecular weight excluding hydrogens is 431 g/mol. The summed E-state index contributed by atoms with van der Waals surface area (Å²) in [5, 5.41) is 2.76. The summed E-state index contributed by atoms with van der Waals surface area (Å²) in [5.74, 6) is 0.391. The van der Waals surface area contributed by atoms with Crippen LogP contribution in [0.3, 0.4) is 0 Å². The van der Waals surface area contributed by atoms with Crippen molar-refractivity contribution >= 4 is 40.1 Å². The molecule has 0 spiro atoms. The van der Waals surface area contributed by atoms with Crippen molar-refractivity contribution in [3.8, 4) is 5.75 Å². The molecule has 0 aromatic heterocycles. The van der Waals surface area contributed by atoms with Crippen molar-refractivity contribution in [3.05, 3.63) is 57.7 Å². The van der Waals surface area contributed by atoms with Gasteiger partial charge in [0.2, 0.25) is 0 Å². The molecule has 0 aliphatic heterocycles. The first-order valence-corrected chi connectivity index (χ1v) is 9.19. The minimum Gasteiger partial charge on any atom is -0.484 e. The highest BCUT2D eigenvalue weighted by Crippen LogP contribution is 2.14. The van der Waals surface area contributed by atoms with Crippen molar-refractivity contribution in [3.63, 3.8) is 0 Å². The van der Waals surface area contributed by atoms with E-state index in [1.807, 2.05) is 38.1 Å². The molecule has 2 rings (SSSR count). The Morgan fingerprint density at radius 3 is 2.16 bits per heavy atom. The molecule has 1 N–H and O–H groups in total. The first kappa shape index (κ1) is 19.2. The summed E-state index contributed by atoms with van der Waals surface area (Å²) in [7, 11) is 0. The lowest BCUT2D eigenvalue weighted by atomic mass is 10.2. The van der Waals surface area contributed by atoms with E-state index < -0.39 is 0 Å². The molecule has 0 radical (unpaired) electrons. The third-order valence-corrected chi connectivity index (χ3v) is 4.37. The van der Waals surface area contributed by atoms with Gasteiger partial charge in [0.25, 0.3) is 11.8 Å². The number of rotatable bonds is 7. The molecule has 25 heavy (non-hydrogen) atoms. The van der Waals surface area contributed by atoms with Crippen molar-refractivity contribution < 1.29 is 14.3 Å². The molecular formula is C19H21IN2O3. The number of carbonyl (C=O) groups is 2. The van der Waals surface area contributed by atoms with Crippen LogP contribution in [0.25, 0.3) is 0 Å². The van der Waals surface area contributed by atoms with E-state index in [0.29, 0.717) is 30.1 Å². The van der Waals surface area contributed by atoms with Gasteiger partial charge in [0.1, 0.15) is 5.75 Å². The molecule has 132 valence electrons. The van der Waals surface area contributed by atoms with E-state index >= 15 is 0 Å². The number of ether oxygens (including phenoxy) is 1. The number of hydrogen-bond acceptors (Lipinski definition) is 3. The van der Waals surface area contributed by atoms with Crippen LogP contribution >= 0.6 is 22.6 Å². The number of carbonyl (C=O) groups excluding carboxylic acids is 2. The normalized spacial score (nSPS) is 10.2. The highest BCUT2D eigenvalue weighted by atomic mass is 127. The monoisotopic (exact) mass is 452 g/mol. The zero-order chi connectivity index (χ0) is 18.2. The fourth-order valence-corrected chi connectivity index (χ4v) is 2.63. The Morgan fingerprint density at radius 1 is 1.00 bits per heavy atom. The van der Waals surface area contributed by atoms with E-state index in [9.17, 15) is 9.59 Å². The van der Waals surface area contributed by atoms with Crippen molar-refractivity contribution in [1.29, 1.82) is 0 Å². The van der Waals surface area contributed by atoms with Crippen LogP contribution in [0.5, 0.6) is 5.75 Å². The molecule has 0 aliphatic rings. The third kappa shape index (κ3) is 5.74. The predicted molar refractivity (Wildman–Crippen MR) is 107 cm³/mol. The summed E-state index contributed by atoms with van der Waals surface area (Å²) in [5.41, 5.74) is 1.24. The Kier molecular flexibility index (Phi) is 7.24. The minimum atomic E-state index is -0.249. The molecule has 2 aromatic carbocycles. The van der Waals surface area contributed by atoms with E-state index in [1.54, 1.807) is 29.2 Å². The molecule has 0 unspecified atom stereocenters. The maximum absolute atomic E-state index is 12.2. The summed E-state index contributed by atoms with van der Waals surface area (Å²) in [6.45, 7) is 5.17. The summed E-state index contributed by atoms with van der Waals surface area (Å²) in [6, 6.07) is 14.4. The number of nitrogens with one attached hydrogen (secondary N) is 1. The molecule has 0 heterocycles. The molecule has 0 saturated heterocycles. The minimum absolute atomic E-state index is 0.00933. The summed E-state index contributed by atoms with van der Waals surface area (Å²) in [4.78, 5) is 26.0. The zero-order valence-corrected chi connectivity index (χ0v) is 16.4. The number of nitrogens with zero attached hydrogens (tertiary/aromatic N) is 1. The summed E-state index contributed by atoms with van der Waals surface area (Å²) < 4.78 is 6.55. The number of amides is 2. The van der Waals surface area contributed by atoms with Gasteiger partial charge in [-0.25, -0.2) is 0 Å². The Bertz CT molecular complexity index is 710. The molecule has 0 aliphatic carbocycles. The Morgan fingerprint density at radius 2 is 1.60 bits per heavy atom. The molecule has 0 saturated carbocycles. The van der Waals surface area contributed by atoms with Gasteiger partial charge in [0.15, 0.2) is 6.61 Å². The summed E-state index contributed by atoms with van der Waals surface area (Å²) in [6.07, 6.45) is 0. The zero-order valence-electron chi connectivity index (χ0n) is 14.3. The van der Waals surface area contributed by atoms with E-state index in [2.05, 4.69) is 27.9 Å². The molecule has 2 amide bonds. The maximum Gasteiger partial charge on any atom is 0.262 e. The molecule has 0 bridgehead atoms. The van der Waals surface area contributed by atoms with Gasteiger partial charge in [0, 0.05) is 27.9 Å². The number of benzene rings is 2. The van der Waals surface area contributed by atoms with Crippen LogP contribution in [0.2, 0.25) is 0 Å². The third-order valence-electron chi connectivity index (χ3n) is 3.65. The van der Waals surface area contributed by atoms with E-state index in [4.69, 9.17) is 4.74 Å². The van der Waals surface area contributed by atoms with E-state index in [-0.39, 0.29) is 18.4 Å². The van der Waals surface area contributed by atoms with E-state index in [0.717, 1.165) is 3.57 Å². The van der Waals surface area contributed by atoms with E-state index in [1.165, 1.54) is 0 Å². The fourth-order valence-electron chi connectivity index (χ4n) is 2.27. The lowest BCUT2D eigenvalue weighted by Gasteiger charge is -2.18. The average Bonchev–Trinajstić information content (AvgIpc) is 2.63. The first-order chi connectivity index (χ1) is 12.0. The lowest BCUT2D eigenvalue weighted by Crippen LogP contribution is -2.30. The molecule has 0 fully saturated rings. The van der Waals surface area contributed by atoms with Crippen LogP contribution < -0.4 is 10.1 Å². The Balaban J connectivity index is 1.88. The van der Waals surface area contributed by atoms with Gasteiger partial charge in [-0.1, -0.05) is 0 Å². The van der Waals surface area contributed by atoms with Gasteiger partial charge in [-0.3, -0.25) is 9.59 Å². The second-order valence-electron chi connectivity index (χ2n) is 5.35. The van der Waals surface area contributed by atoms with Crippen LogP contribution in [-0.4, -0.2) is 36.4 Å². The van der Waals surface area contributed by atoms with Crippen LogP contribution in [0.15, 0.2) is 48.5 Å². The smallest absolute Gasteiger partial charge is 0.262 e. The van der Waals surface area contributed by atoms with Gasteiger partial charge >= 0.3 is 0 Å². The Hall–Kier alpha value is -2.09. The second kappa shape index (κ2) is 9.41. The SMILES string of the molecule is CCN(CC)C(=O)c1ccc(NC(=O)COc2ccc(I)cc2)cc1. The van der Waals surface area contributed by atoms with Gasteiger partial charge in [-0.05, 0) is 85.0 Å². The van der Waals surface area contributed by atoms with Crippen LogP contribution in [0, 0.1) is 3.57 Å². The topological polar surface area (TPSA) is 58.6 Å². The number of hydrogen-bond donors (Lipinski definition) is 1. The van der Waals surface area contributed by atoms with Crippen molar-refractivity contribution in [2.24, 2.45) is 0 Å². The van der Waals surface area contributed by atoms with Crippen LogP contribution in [0.4, 0.5) is 5.69 Å². The highest BCUT2D eigenvalue weighted by Gasteiger charge is 2.12. The number of anilines is 1. The Labute approximate surface area is 161 Å². The molecule has 0 atom stereocenters. The van der Waals surface area contributed by atoms with Crippen LogP contribution in [0.1, 0.15) is 24.2 Å². The standard InChI is InChI=1S/C19H21IN2O3/c1-3-22(4-2)19(24)14-5-9-16(10-6-14)21-18(23)13-25-17-11-7-15(20)8-12-17/h5-12H,3-4,13H2,1-2H3,(H,21,23). The van der Waals surface area contributed by atoms with Gasteiger partial charge in [-0.2, -0.15) is 0 Å². The van der Waals surface area contributed by atoms with Crippen molar-refractivity contribution in [2.45, 2.75) is 13.8 Å². The van der Waals surface area contributed by atoms with Crippen molar-refractivity contribution in [2.75, 3.05) is 25.0 Å². The average molecular weight is 452 g/mol. The van der Waals surface area contributed by atoms with Gasteiger partial charge in [0.05, 0.1) is 0 Å². The lowest BCUT2D eigenvalue weighted by molar-refractivity contribution is -0.118. The van der Waals surface area contributed by atoms with Crippen molar-refractivity contribution in [1.82, 2.24) is 4.90 Å². The van der Waals surface area contributed by atoms with Gasteiger partial charge in [-0.15, -0.1) is 0 Å². The summed E-state index contributed by atoms with van der Waals surface area (Å²) >= 11 is 2.21. The predicted octanol–water partition coefficient (Wildman–Crippen LogP) is 3.79.